The van der Waals surface area contributed by atoms with Crippen LogP contribution in [-0.2, 0) is 22.6 Å². The topological polar surface area (TPSA) is 132 Å². The molecule has 4 atom stereocenters. The van der Waals surface area contributed by atoms with Crippen molar-refractivity contribution in [3.05, 3.63) is 30.1 Å². The number of carbonyl (C=O) groups excluding carboxylic acids is 2. The number of benzene rings is 1. The highest BCUT2D eigenvalue weighted by molar-refractivity contribution is 6.06. The predicted octanol–water partition coefficient (Wildman–Crippen LogP) is 8.35. The van der Waals surface area contributed by atoms with Crippen molar-refractivity contribution >= 4 is 39.4 Å². The number of hydrogen-bond acceptors (Lipinski definition) is 7. The van der Waals surface area contributed by atoms with E-state index in [4.69, 9.17) is 16.5 Å². The summed E-state index contributed by atoms with van der Waals surface area (Å²) < 4.78 is 2.47. The van der Waals surface area contributed by atoms with Crippen molar-refractivity contribution in [2.75, 3.05) is 31.9 Å². The van der Waals surface area contributed by atoms with Crippen LogP contribution >= 0.6 is 0 Å². The van der Waals surface area contributed by atoms with Crippen LogP contribution in [0.5, 0.6) is 0 Å². The molecular weight excluding hydrogens is 659 g/mol. The SMILES string of the molecule is CCCCc1nc2c(N)nc3ccccc3c2n1CC1CCN(CCCCCCC(=O)NCCCCC(N)C(=O)C2(C)C3CCCCCCC32C)CC1. The van der Waals surface area contributed by atoms with Crippen LogP contribution in [0.3, 0.4) is 0 Å². The van der Waals surface area contributed by atoms with Gasteiger partial charge in [0.2, 0.25) is 5.91 Å². The number of likely N-dealkylation sites (tertiary alicyclic amines) is 1. The predicted molar refractivity (Wildman–Crippen MR) is 218 cm³/mol. The molecule has 2 aromatic heterocycles. The van der Waals surface area contributed by atoms with E-state index in [-0.39, 0.29) is 28.6 Å². The lowest BCUT2D eigenvalue weighted by Gasteiger charge is -2.32. The number of rotatable bonds is 19. The molecule has 4 unspecified atom stereocenters. The number of aromatic nitrogens is 3. The van der Waals surface area contributed by atoms with Crippen molar-refractivity contribution in [3.63, 3.8) is 0 Å². The Hall–Kier alpha value is -3.04. The molecule has 2 aliphatic carbocycles. The van der Waals surface area contributed by atoms with Crippen LogP contribution in [0.2, 0.25) is 0 Å². The van der Waals surface area contributed by atoms with E-state index in [1.165, 1.54) is 57.8 Å². The van der Waals surface area contributed by atoms with Gasteiger partial charge in [-0.3, -0.25) is 9.59 Å². The lowest BCUT2D eigenvalue weighted by atomic mass is 9.84. The average molecular weight is 728 g/mol. The molecule has 3 aromatic rings. The van der Waals surface area contributed by atoms with E-state index in [1.54, 1.807) is 0 Å². The van der Waals surface area contributed by atoms with Gasteiger partial charge in [-0.05, 0) is 107 Å². The second-order valence-electron chi connectivity index (χ2n) is 17.3. The zero-order valence-electron chi connectivity index (χ0n) is 33.3. The number of nitrogens with zero attached hydrogens (tertiary/aromatic N) is 4. The number of nitrogen functional groups attached to an aromatic ring is 1. The molecular formula is C44H69N7O2. The first-order chi connectivity index (χ1) is 25.7. The van der Waals surface area contributed by atoms with Gasteiger partial charge in [-0.1, -0.05) is 83.9 Å². The molecule has 292 valence electrons. The molecule has 3 aliphatic rings. The number of para-hydroxylation sites is 1. The number of piperidine rings is 1. The van der Waals surface area contributed by atoms with Crippen LogP contribution < -0.4 is 16.8 Å². The molecule has 0 radical (unpaired) electrons. The van der Waals surface area contributed by atoms with Crippen LogP contribution in [0, 0.1) is 22.7 Å². The monoisotopic (exact) mass is 728 g/mol. The molecule has 1 aliphatic heterocycles. The third-order valence-corrected chi connectivity index (χ3v) is 13.8. The average Bonchev–Trinajstić information content (AvgIpc) is 3.39. The fourth-order valence-corrected chi connectivity index (χ4v) is 10.3. The van der Waals surface area contributed by atoms with Gasteiger partial charge in [0.05, 0.1) is 17.1 Å². The molecule has 2 saturated carbocycles. The molecule has 6 rings (SSSR count). The lowest BCUT2D eigenvalue weighted by Crippen LogP contribution is -2.38. The highest BCUT2D eigenvalue weighted by Crippen LogP contribution is 2.74. The van der Waals surface area contributed by atoms with Gasteiger partial charge in [0.25, 0.3) is 0 Å². The first kappa shape index (κ1) is 39.6. The fourth-order valence-electron chi connectivity index (χ4n) is 10.3. The van der Waals surface area contributed by atoms with E-state index < -0.39 is 0 Å². The maximum Gasteiger partial charge on any atom is 0.219 e. The normalized spacial score (nSPS) is 24.5. The van der Waals surface area contributed by atoms with Gasteiger partial charge < -0.3 is 26.3 Å². The Bertz CT molecular complexity index is 1680. The van der Waals surface area contributed by atoms with Crippen LogP contribution in [-0.4, -0.2) is 63.3 Å². The Kier molecular flexibility index (Phi) is 13.5. The zero-order chi connectivity index (χ0) is 37.4. The summed E-state index contributed by atoms with van der Waals surface area (Å²) in [6.07, 6.45) is 20.5. The number of fused-ring (bicyclic) bond motifs is 4. The van der Waals surface area contributed by atoms with Crippen LogP contribution in [0.25, 0.3) is 21.9 Å². The van der Waals surface area contributed by atoms with Crippen molar-refractivity contribution < 1.29 is 9.59 Å². The van der Waals surface area contributed by atoms with Gasteiger partial charge >= 0.3 is 0 Å². The molecule has 0 spiro atoms. The smallest absolute Gasteiger partial charge is 0.219 e. The molecule has 1 saturated heterocycles. The van der Waals surface area contributed by atoms with Crippen molar-refractivity contribution in [2.45, 2.75) is 155 Å². The molecule has 5 N–H and O–H groups in total. The van der Waals surface area contributed by atoms with E-state index in [2.05, 4.69) is 52.7 Å². The summed E-state index contributed by atoms with van der Waals surface area (Å²) in [6.45, 7) is 11.9. The second-order valence-corrected chi connectivity index (χ2v) is 17.3. The summed E-state index contributed by atoms with van der Waals surface area (Å²) in [5.74, 6) is 3.26. The number of pyridine rings is 1. The van der Waals surface area contributed by atoms with E-state index in [9.17, 15) is 9.59 Å². The molecule has 3 fully saturated rings. The van der Waals surface area contributed by atoms with Crippen molar-refractivity contribution in [3.8, 4) is 0 Å². The number of nitrogens with one attached hydrogen (secondary N) is 1. The number of unbranched alkanes of at least 4 members (excludes halogenated alkanes) is 5. The van der Waals surface area contributed by atoms with Crippen LogP contribution in [0.4, 0.5) is 5.82 Å². The maximum absolute atomic E-state index is 13.5. The Morgan fingerprint density at radius 1 is 0.943 bits per heavy atom. The van der Waals surface area contributed by atoms with E-state index in [0.717, 1.165) is 112 Å². The third kappa shape index (κ3) is 8.93. The highest BCUT2D eigenvalue weighted by atomic mass is 16.1. The Morgan fingerprint density at radius 3 is 2.53 bits per heavy atom. The van der Waals surface area contributed by atoms with Gasteiger partial charge in [-0.25, -0.2) is 9.97 Å². The summed E-state index contributed by atoms with van der Waals surface area (Å²) >= 11 is 0. The molecule has 1 aromatic carbocycles. The molecule has 53 heavy (non-hydrogen) atoms. The van der Waals surface area contributed by atoms with Gasteiger partial charge in [-0.15, -0.1) is 0 Å². The fraction of sp³-hybridized carbons (Fsp3) is 0.727. The van der Waals surface area contributed by atoms with Crippen molar-refractivity contribution in [2.24, 2.45) is 28.4 Å². The Morgan fingerprint density at radius 2 is 1.72 bits per heavy atom. The van der Waals surface area contributed by atoms with Crippen LogP contribution in [0.15, 0.2) is 24.3 Å². The van der Waals surface area contributed by atoms with Gasteiger partial charge in [0.1, 0.15) is 11.3 Å². The number of carbonyl (C=O) groups is 2. The van der Waals surface area contributed by atoms with Gasteiger partial charge in [-0.2, -0.15) is 0 Å². The van der Waals surface area contributed by atoms with E-state index >= 15 is 0 Å². The Balaban J connectivity index is 0.830. The van der Waals surface area contributed by atoms with Crippen molar-refractivity contribution in [1.29, 1.82) is 0 Å². The minimum Gasteiger partial charge on any atom is -0.382 e. The number of hydrogen-bond donors (Lipinski definition) is 3. The summed E-state index contributed by atoms with van der Waals surface area (Å²) in [7, 11) is 0. The maximum atomic E-state index is 13.5. The zero-order valence-corrected chi connectivity index (χ0v) is 33.3. The number of nitrogens with two attached hydrogens (primary N) is 2. The molecule has 3 heterocycles. The first-order valence-electron chi connectivity index (χ1n) is 21.5. The quantitative estimate of drug-likeness (QED) is 0.106. The van der Waals surface area contributed by atoms with Crippen molar-refractivity contribution in [1.82, 2.24) is 24.8 Å². The van der Waals surface area contributed by atoms with E-state index in [0.29, 0.717) is 30.6 Å². The minimum absolute atomic E-state index is 0.148. The standard InChI is InChI=1S/C44H69N7O2/c1-4-5-22-37-49-39-40(33-18-12-13-20-35(33)48-42(39)46)51(37)31-32-24-29-50(30-25-32)28-17-9-7-11-23-38(52)47-27-16-14-19-34(45)41(53)44(3)36-21-10-6-8-15-26-43(36,44)2/h12-13,18,20,32,34,36H,4-11,14-17,19,21-31,45H2,1-3H3,(H2,46,48)(H,47,52). The molecule has 1 amide bonds. The summed E-state index contributed by atoms with van der Waals surface area (Å²) in [5, 5.41) is 4.24. The number of aryl methyl sites for hydroxylation is 1. The number of Topliss-reactive ketones (excluding diaryl/α,β-unsaturated/α-hetero) is 1. The van der Waals surface area contributed by atoms with Crippen LogP contribution in [0.1, 0.15) is 142 Å². The molecule has 9 nitrogen and oxygen atoms in total. The first-order valence-corrected chi connectivity index (χ1v) is 21.5. The second kappa shape index (κ2) is 18.1. The molecule has 0 bridgehead atoms. The van der Waals surface area contributed by atoms with E-state index in [1.807, 2.05) is 12.1 Å². The summed E-state index contributed by atoms with van der Waals surface area (Å²) in [6, 6.07) is 7.94. The summed E-state index contributed by atoms with van der Waals surface area (Å²) in [4.78, 5) is 38.2. The highest BCUT2D eigenvalue weighted by Gasteiger charge is 2.73. The lowest BCUT2D eigenvalue weighted by molar-refractivity contribution is -0.126. The third-order valence-electron chi connectivity index (χ3n) is 13.8. The number of amides is 1. The van der Waals surface area contributed by atoms with Gasteiger partial charge in [0, 0.05) is 36.7 Å². The minimum atomic E-state index is -0.377. The summed E-state index contributed by atoms with van der Waals surface area (Å²) in [5.41, 5.74) is 15.8. The molecule has 9 heteroatoms. The number of ketones is 1. The number of imidazole rings is 1. The Labute approximate surface area is 318 Å². The number of anilines is 1. The largest absolute Gasteiger partial charge is 0.382 e. The van der Waals surface area contributed by atoms with Gasteiger partial charge in [0.15, 0.2) is 11.6 Å².